The van der Waals surface area contributed by atoms with Gasteiger partial charge in [-0.25, -0.2) is 8.42 Å². The first-order valence-electron chi connectivity index (χ1n) is 11.1. The fraction of sp³-hybridized carbons (Fsp3) is 0.480. The average molecular weight is 495 g/mol. The third kappa shape index (κ3) is 6.21. The normalized spacial score (nSPS) is 13.5. The minimum atomic E-state index is -3.75. The predicted octanol–water partition coefficient (Wildman–Crippen LogP) is 5.51. The van der Waals surface area contributed by atoms with Crippen LogP contribution in [0.4, 0.5) is 5.69 Å². The van der Waals surface area contributed by atoms with Gasteiger partial charge in [-0.2, -0.15) is 0 Å². The first-order valence-corrected chi connectivity index (χ1v) is 13.3. The second-order valence-electron chi connectivity index (χ2n) is 8.75. The van der Waals surface area contributed by atoms with Crippen molar-refractivity contribution < 1.29 is 17.9 Å². The van der Waals surface area contributed by atoms with Gasteiger partial charge in [0.2, 0.25) is 15.9 Å². The fourth-order valence-electron chi connectivity index (χ4n) is 4.05. The molecule has 0 unspecified atom stereocenters. The van der Waals surface area contributed by atoms with Crippen LogP contribution in [0.2, 0.25) is 5.02 Å². The lowest BCUT2D eigenvalue weighted by molar-refractivity contribution is -0.122. The van der Waals surface area contributed by atoms with Gasteiger partial charge in [-0.15, -0.1) is 0 Å². The molecule has 0 aromatic heterocycles. The monoisotopic (exact) mass is 494 g/mol. The summed E-state index contributed by atoms with van der Waals surface area (Å²) >= 11 is 6.15. The van der Waals surface area contributed by atoms with Crippen LogP contribution >= 0.6 is 11.6 Å². The molecule has 2 aromatic rings. The van der Waals surface area contributed by atoms with Gasteiger partial charge in [0.05, 0.1) is 25.1 Å². The number of amides is 1. The first-order chi connectivity index (χ1) is 15.3. The Morgan fingerprint density at radius 3 is 2.24 bits per heavy atom. The van der Waals surface area contributed by atoms with E-state index in [1.54, 1.807) is 39.2 Å². The lowest BCUT2D eigenvalue weighted by atomic mass is 9.93. The highest BCUT2D eigenvalue weighted by atomic mass is 35.5. The van der Waals surface area contributed by atoms with Crippen molar-refractivity contribution in [2.45, 2.75) is 66.0 Å². The van der Waals surface area contributed by atoms with Gasteiger partial charge in [-0.3, -0.25) is 9.10 Å². The lowest BCUT2D eigenvalue weighted by Gasteiger charge is -2.32. The summed E-state index contributed by atoms with van der Waals surface area (Å²) in [5, 5.41) is 3.43. The molecule has 2 atom stereocenters. The van der Waals surface area contributed by atoms with Gasteiger partial charge in [-0.1, -0.05) is 38.4 Å². The number of hydrogen-bond donors (Lipinski definition) is 1. The van der Waals surface area contributed by atoms with E-state index in [9.17, 15) is 13.2 Å². The number of carbonyl (C=O) groups excluding carboxylic acids is 1. The Bertz CT molecular complexity index is 1120. The quantitative estimate of drug-likeness (QED) is 0.498. The number of nitrogens with one attached hydrogen (secondary N) is 1. The summed E-state index contributed by atoms with van der Waals surface area (Å²) in [6.07, 6.45) is 1.41. The standard InChI is InChI=1S/C25H35ClN2O4S/c1-9-22(28(33(8,30)31)23-13-19(26)11-10-16(23)4)25(29)27-18(6)21-14-20(15(2)3)24(32-7)12-17(21)5/h10-15,18,22H,9H2,1-8H3,(H,27,29)/t18-,22-/m1/s1. The van der Waals surface area contributed by atoms with E-state index in [4.69, 9.17) is 16.3 Å². The van der Waals surface area contributed by atoms with Crippen LogP contribution < -0.4 is 14.4 Å². The number of ether oxygens (including phenoxy) is 1. The molecule has 0 heterocycles. The number of anilines is 1. The molecule has 2 aromatic carbocycles. The molecule has 0 saturated carbocycles. The second kappa shape index (κ2) is 10.8. The zero-order valence-corrected chi connectivity index (χ0v) is 22.3. The molecule has 182 valence electrons. The number of aryl methyl sites for hydroxylation is 2. The summed E-state index contributed by atoms with van der Waals surface area (Å²) in [4.78, 5) is 13.4. The van der Waals surface area contributed by atoms with Gasteiger partial charge in [0.15, 0.2) is 0 Å². The molecule has 33 heavy (non-hydrogen) atoms. The molecular formula is C25H35ClN2O4S. The summed E-state index contributed by atoms with van der Waals surface area (Å²) in [5.74, 6) is 0.698. The van der Waals surface area contributed by atoms with E-state index >= 15 is 0 Å². The lowest BCUT2D eigenvalue weighted by Crippen LogP contribution is -2.50. The van der Waals surface area contributed by atoms with Crippen LogP contribution in [-0.2, 0) is 14.8 Å². The average Bonchev–Trinajstić information content (AvgIpc) is 2.72. The zero-order valence-electron chi connectivity index (χ0n) is 20.7. The molecule has 2 rings (SSSR count). The van der Waals surface area contributed by atoms with E-state index < -0.39 is 16.1 Å². The second-order valence-corrected chi connectivity index (χ2v) is 11.0. The summed E-state index contributed by atoms with van der Waals surface area (Å²) in [7, 11) is -2.10. The molecule has 0 aliphatic heterocycles. The van der Waals surface area contributed by atoms with Gasteiger partial charge in [0.1, 0.15) is 11.8 Å². The molecule has 0 aliphatic rings. The Balaban J connectivity index is 2.44. The van der Waals surface area contributed by atoms with E-state index in [0.29, 0.717) is 17.1 Å². The van der Waals surface area contributed by atoms with E-state index in [2.05, 4.69) is 25.2 Å². The molecule has 6 nitrogen and oxygen atoms in total. The van der Waals surface area contributed by atoms with Crippen molar-refractivity contribution in [1.29, 1.82) is 0 Å². The van der Waals surface area contributed by atoms with Gasteiger partial charge >= 0.3 is 0 Å². The molecule has 8 heteroatoms. The Hall–Kier alpha value is -2.25. The molecule has 1 N–H and O–H groups in total. The molecule has 0 bridgehead atoms. The van der Waals surface area contributed by atoms with Crippen molar-refractivity contribution in [3.05, 3.63) is 57.6 Å². The van der Waals surface area contributed by atoms with E-state index in [0.717, 1.165) is 34.3 Å². The summed E-state index contributed by atoms with van der Waals surface area (Å²) in [5.41, 5.74) is 4.13. The van der Waals surface area contributed by atoms with Gasteiger partial charge in [0.25, 0.3) is 0 Å². The molecular weight excluding hydrogens is 460 g/mol. The number of nitrogens with zero attached hydrogens (tertiary/aromatic N) is 1. The summed E-state index contributed by atoms with van der Waals surface area (Å²) < 4.78 is 32.3. The first kappa shape index (κ1) is 27.0. The third-order valence-electron chi connectivity index (χ3n) is 5.80. The molecule has 1 amide bonds. The summed E-state index contributed by atoms with van der Waals surface area (Å²) in [6.45, 7) is 11.6. The SMILES string of the molecule is CC[C@H](C(=O)N[C@H](C)c1cc(C(C)C)c(OC)cc1C)N(c1cc(Cl)ccc1C)S(C)(=O)=O. The van der Waals surface area contributed by atoms with Crippen LogP contribution in [0.3, 0.4) is 0 Å². The minimum Gasteiger partial charge on any atom is -0.496 e. The number of rotatable bonds is 9. The van der Waals surface area contributed by atoms with Crippen LogP contribution in [0, 0.1) is 13.8 Å². The maximum Gasteiger partial charge on any atom is 0.244 e. The fourth-order valence-corrected chi connectivity index (χ4v) is 5.48. The van der Waals surface area contributed by atoms with E-state index in [1.807, 2.05) is 19.9 Å². The number of sulfonamides is 1. The Morgan fingerprint density at radius 2 is 1.73 bits per heavy atom. The van der Waals surface area contributed by atoms with Crippen molar-refractivity contribution in [2.75, 3.05) is 17.7 Å². The van der Waals surface area contributed by atoms with Crippen molar-refractivity contribution in [3.8, 4) is 5.75 Å². The molecule has 0 fully saturated rings. The van der Waals surface area contributed by atoms with Gasteiger partial charge < -0.3 is 10.1 Å². The van der Waals surface area contributed by atoms with E-state index in [1.165, 1.54) is 4.31 Å². The maximum atomic E-state index is 13.4. The predicted molar refractivity (Wildman–Crippen MR) is 136 cm³/mol. The van der Waals surface area contributed by atoms with Crippen LogP contribution in [0.1, 0.15) is 68.3 Å². The van der Waals surface area contributed by atoms with Crippen LogP contribution in [0.25, 0.3) is 0 Å². The topological polar surface area (TPSA) is 75.7 Å². The number of hydrogen-bond acceptors (Lipinski definition) is 4. The van der Waals surface area contributed by atoms with Crippen LogP contribution in [-0.4, -0.2) is 33.7 Å². The number of methoxy groups -OCH3 is 1. The molecule has 0 saturated heterocycles. The van der Waals surface area contributed by atoms with Crippen molar-refractivity contribution in [3.63, 3.8) is 0 Å². The number of carbonyl (C=O) groups is 1. The van der Waals surface area contributed by atoms with Crippen LogP contribution in [0.15, 0.2) is 30.3 Å². The Kier molecular flexibility index (Phi) is 8.82. The Morgan fingerprint density at radius 1 is 1.09 bits per heavy atom. The highest BCUT2D eigenvalue weighted by Gasteiger charge is 2.33. The highest BCUT2D eigenvalue weighted by molar-refractivity contribution is 7.92. The van der Waals surface area contributed by atoms with Gasteiger partial charge in [-0.05, 0) is 79.6 Å². The third-order valence-corrected chi connectivity index (χ3v) is 7.20. The molecule has 0 spiro atoms. The highest BCUT2D eigenvalue weighted by Crippen LogP contribution is 2.33. The summed E-state index contributed by atoms with van der Waals surface area (Å²) in [6, 6.07) is 7.82. The number of halogens is 1. The molecule has 0 radical (unpaired) electrons. The number of benzene rings is 2. The van der Waals surface area contributed by atoms with E-state index in [-0.39, 0.29) is 17.9 Å². The minimum absolute atomic E-state index is 0.247. The maximum absolute atomic E-state index is 13.4. The Labute approximate surface area is 203 Å². The van der Waals surface area contributed by atoms with Crippen LogP contribution in [0.5, 0.6) is 5.75 Å². The smallest absolute Gasteiger partial charge is 0.244 e. The van der Waals surface area contributed by atoms with Crippen molar-refractivity contribution >= 4 is 33.2 Å². The van der Waals surface area contributed by atoms with Crippen molar-refractivity contribution in [2.24, 2.45) is 0 Å². The zero-order chi connectivity index (χ0) is 25.1. The molecule has 0 aliphatic carbocycles. The van der Waals surface area contributed by atoms with Crippen molar-refractivity contribution in [1.82, 2.24) is 5.32 Å². The largest absolute Gasteiger partial charge is 0.496 e. The van der Waals surface area contributed by atoms with Gasteiger partial charge in [0, 0.05) is 5.02 Å².